The largest absolute Gasteiger partial charge is 0.484 e. The number of halogens is 1. The fourth-order valence-electron chi connectivity index (χ4n) is 2.36. The molecule has 0 fully saturated rings. The molecule has 1 N–H and O–H groups in total. The summed E-state index contributed by atoms with van der Waals surface area (Å²) in [5.41, 5.74) is 4.23. The monoisotopic (exact) mass is 396 g/mol. The molecule has 0 aliphatic heterocycles. The van der Waals surface area contributed by atoms with Crippen LogP contribution >= 0.6 is 15.9 Å². The van der Waals surface area contributed by atoms with Gasteiger partial charge in [-0.2, -0.15) is 5.10 Å². The van der Waals surface area contributed by atoms with Crippen LogP contribution in [0.1, 0.15) is 12.5 Å². The maximum absolute atomic E-state index is 11.9. The van der Waals surface area contributed by atoms with Crippen LogP contribution in [0.4, 0.5) is 0 Å². The molecular formula is C20H17BrN2O2. The minimum Gasteiger partial charge on any atom is -0.484 e. The van der Waals surface area contributed by atoms with Crippen LogP contribution in [0.3, 0.4) is 0 Å². The molecule has 0 aliphatic carbocycles. The number of hydrogen-bond donors (Lipinski definition) is 1. The minimum absolute atomic E-state index is 0.0923. The number of carbonyl (C=O) groups excluding carboxylic acids is 1. The normalized spacial score (nSPS) is 11.4. The van der Waals surface area contributed by atoms with E-state index in [4.69, 9.17) is 4.74 Å². The average molecular weight is 397 g/mol. The first-order valence-electron chi connectivity index (χ1n) is 7.82. The molecule has 1 amide bonds. The number of ether oxygens (including phenoxy) is 1. The van der Waals surface area contributed by atoms with E-state index in [2.05, 4.69) is 44.7 Å². The highest BCUT2D eigenvalue weighted by molar-refractivity contribution is 9.10. The summed E-state index contributed by atoms with van der Waals surface area (Å²) < 4.78 is 6.33. The Labute approximate surface area is 154 Å². The van der Waals surface area contributed by atoms with Crippen LogP contribution in [0.2, 0.25) is 0 Å². The minimum atomic E-state index is -0.305. The van der Waals surface area contributed by atoms with Gasteiger partial charge in [-0.05, 0) is 47.5 Å². The molecule has 0 heterocycles. The molecule has 4 nitrogen and oxygen atoms in total. The van der Waals surface area contributed by atoms with E-state index in [1.807, 2.05) is 43.3 Å². The second-order valence-electron chi connectivity index (χ2n) is 5.54. The van der Waals surface area contributed by atoms with Gasteiger partial charge in [0.25, 0.3) is 5.91 Å². The van der Waals surface area contributed by atoms with E-state index in [1.54, 1.807) is 12.1 Å². The van der Waals surface area contributed by atoms with Crippen molar-refractivity contribution in [2.45, 2.75) is 6.92 Å². The Bertz CT molecular complexity index is 938. The van der Waals surface area contributed by atoms with Crippen molar-refractivity contribution in [2.75, 3.05) is 6.61 Å². The van der Waals surface area contributed by atoms with Gasteiger partial charge in [0.05, 0.1) is 5.71 Å². The summed E-state index contributed by atoms with van der Waals surface area (Å²) in [7, 11) is 0. The van der Waals surface area contributed by atoms with Crippen molar-refractivity contribution in [1.82, 2.24) is 5.43 Å². The number of hydrogen-bond acceptors (Lipinski definition) is 3. The molecule has 0 saturated carbocycles. The molecule has 3 aromatic carbocycles. The second kappa shape index (κ2) is 7.94. The quantitative estimate of drug-likeness (QED) is 0.508. The Morgan fingerprint density at radius 2 is 1.84 bits per heavy atom. The fraction of sp³-hybridized carbons (Fsp3) is 0.100. The van der Waals surface area contributed by atoms with Gasteiger partial charge in [-0.15, -0.1) is 0 Å². The molecule has 3 aromatic rings. The summed E-state index contributed by atoms with van der Waals surface area (Å²) in [6, 6.07) is 21.5. The standard InChI is InChI=1S/C20H17BrN2O2/c1-14(16-10-9-15-5-2-3-6-17(15)11-16)22-23-20(24)13-25-19-8-4-7-18(21)12-19/h2-12H,13H2,1H3,(H,23,24)/b22-14-. The van der Waals surface area contributed by atoms with Gasteiger partial charge in [-0.1, -0.05) is 58.4 Å². The van der Waals surface area contributed by atoms with Gasteiger partial charge in [-0.3, -0.25) is 4.79 Å². The molecule has 0 spiro atoms. The molecule has 0 aliphatic rings. The Kier molecular flexibility index (Phi) is 5.46. The Balaban J connectivity index is 1.60. The van der Waals surface area contributed by atoms with Crippen molar-refractivity contribution in [1.29, 1.82) is 0 Å². The van der Waals surface area contributed by atoms with Crippen LogP contribution in [0.5, 0.6) is 5.75 Å². The first kappa shape index (κ1) is 17.2. The third-order valence-corrected chi connectivity index (χ3v) is 4.17. The van der Waals surface area contributed by atoms with Crippen molar-refractivity contribution in [3.63, 3.8) is 0 Å². The molecule has 0 radical (unpaired) electrons. The zero-order valence-corrected chi connectivity index (χ0v) is 15.3. The molecule has 0 unspecified atom stereocenters. The first-order chi connectivity index (χ1) is 12.1. The summed E-state index contributed by atoms with van der Waals surface area (Å²) in [6.07, 6.45) is 0. The second-order valence-corrected chi connectivity index (χ2v) is 6.46. The number of hydrazone groups is 1. The van der Waals surface area contributed by atoms with Crippen molar-refractivity contribution in [2.24, 2.45) is 5.10 Å². The highest BCUT2D eigenvalue weighted by Gasteiger charge is 2.04. The number of amides is 1. The maximum atomic E-state index is 11.9. The van der Waals surface area contributed by atoms with E-state index < -0.39 is 0 Å². The van der Waals surface area contributed by atoms with Crippen LogP contribution in [0.15, 0.2) is 76.3 Å². The number of benzene rings is 3. The lowest BCUT2D eigenvalue weighted by Crippen LogP contribution is -2.25. The highest BCUT2D eigenvalue weighted by Crippen LogP contribution is 2.18. The lowest BCUT2D eigenvalue weighted by Gasteiger charge is -2.07. The molecule has 5 heteroatoms. The summed E-state index contributed by atoms with van der Waals surface area (Å²) in [5.74, 6) is 0.319. The predicted octanol–water partition coefficient (Wildman–Crippen LogP) is 4.52. The van der Waals surface area contributed by atoms with Gasteiger partial charge in [0.2, 0.25) is 0 Å². The van der Waals surface area contributed by atoms with Crippen LogP contribution in [-0.2, 0) is 4.79 Å². The Morgan fingerprint density at radius 1 is 1.04 bits per heavy atom. The van der Waals surface area contributed by atoms with E-state index >= 15 is 0 Å². The highest BCUT2D eigenvalue weighted by atomic mass is 79.9. The maximum Gasteiger partial charge on any atom is 0.277 e. The molecular weight excluding hydrogens is 380 g/mol. The van der Waals surface area contributed by atoms with Gasteiger partial charge in [-0.25, -0.2) is 5.43 Å². The third-order valence-electron chi connectivity index (χ3n) is 3.68. The van der Waals surface area contributed by atoms with E-state index in [-0.39, 0.29) is 12.5 Å². The molecule has 25 heavy (non-hydrogen) atoms. The van der Waals surface area contributed by atoms with Gasteiger partial charge in [0.1, 0.15) is 5.75 Å². The average Bonchev–Trinajstić information content (AvgIpc) is 2.64. The number of nitrogens with one attached hydrogen (secondary N) is 1. The zero-order chi connectivity index (χ0) is 17.6. The van der Waals surface area contributed by atoms with Crippen LogP contribution in [0.25, 0.3) is 10.8 Å². The number of rotatable bonds is 5. The van der Waals surface area contributed by atoms with Crippen molar-refractivity contribution >= 4 is 38.3 Å². The molecule has 0 saturated heterocycles. The fourth-order valence-corrected chi connectivity index (χ4v) is 2.74. The summed E-state index contributed by atoms with van der Waals surface area (Å²) in [6.45, 7) is 1.77. The third kappa shape index (κ3) is 4.67. The van der Waals surface area contributed by atoms with Gasteiger partial charge < -0.3 is 4.74 Å². The molecule has 0 atom stereocenters. The SMILES string of the molecule is C/C(=N/NC(=O)COc1cccc(Br)c1)c1ccc2ccccc2c1. The van der Waals surface area contributed by atoms with Crippen LogP contribution < -0.4 is 10.2 Å². The lowest BCUT2D eigenvalue weighted by molar-refractivity contribution is -0.123. The van der Waals surface area contributed by atoms with E-state index in [1.165, 1.54) is 5.39 Å². The van der Waals surface area contributed by atoms with Gasteiger partial charge in [0.15, 0.2) is 6.61 Å². The predicted molar refractivity (Wildman–Crippen MR) is 104 cm³/mol. The van der Waals surface area contributed by atoms with E-state index in [0.29, 0.717) is 5.75 Å². The number of carbonyl (C=O) groups is 1. The molecule has 0 bridgehead atoms. The lowest BCUT2D eigenvalue weighted by atomic mass is 10.0. The Hall–Kier alpha value is -2.66. The van der Waals surface area contributed by atoms with Crippen LogP contribution in [-0.4, -0.2) is 18.2 Å². The Morgan fingerprint density at radius 3 is 2.64 bits per heavy atom. The zero-order valence-electron chi connectivity index (χ0n) is 13.7. The van der Waals surface area contributed by atoms with Gasteiger partial charge >= 0.3 is 0 Å². The summed E-state index contributed by atoms with van der Waals surface area (Å²) in [4.78, 5) is 11.9. The number of fused-ring (bicyclic) bond motifs is 1. The van der Waals surface area contributed by atoms with Crippen molar-refractivity contribution < 1.29 is 9.53 Å². The van der Waals surface area contributed by atoms with E-state index in [0.717, 1.165) is 21.1 Å². The van der Waals surface area contributed by atoms with Gasteiger partial charge in [0, 0.05) is 4.47 Å². The van der Waals surface area contributed by atoms with E-state index in [9.17, 15) is 4.79 Å². The number of nitrogens with zero attached hydrogens (tertiary/aromatic N) is 1. The smallest absolute Gasteiger partial charge is 0.277 e. The summed E-state index contributed by atoms with van der Waals surface area (Å²) >= 11 is 3.36. The molecule has 126 valence electrons. The van der Waals surface area contributed by atoms with Crippen molar-refractivity contribution in [3.05, 3.63) is 76.8 Å². The molecule has 0 aromatic heterocycles. The molecule has 3 rings (SSSR count). The van der Waals surface area contributed by atoms with Crippen LogP contribution in [0, 0.1) is 0 Å². The van der Waals surface area contributed by atoms with Crippen molar-refractivity contribution in [3.8, 4) is 5.75 Å². The summed E-state index contributed by atoms with van der Waals surface area (Å²) in [5, 5.41) is 6.47. The topological polar surface area (TPSA) is 50.7 Å². The first-order valence-corrected chi connectivity index (χ1v) is 8.62.